The van der Waals surface area contributed by atoms with Crippen LogP contribution in [-0.4, -0.2) is 90.7 Å². The number of nitrogens with one attached hydrogen (secondary N) is 2. The topological polar surface area (TPSA) is 98.3 Å². The van der Waals surface area contributed by atoms with Gasteiger partial charge >= 0.3 is 0 Å². The molecule has 11 nitrogen and oxygen atoms in total. The third kappa shape index (κ3) is 7.19. The Morgan fingerprint density at radius 2 is 1.73 bits per heavy atom. The van der Waals surface area contributed by atoms with Crippen molar-refractivity contribution >= 4 is 46.2 Å². The highest BCUT2D eigenvalue weighted by atomic mass is 35.5. The first-order valence-corrected chi connectivity index (χ1v) is 17.6. The highest BCUT2D eigenvalue weighted by Gasteiger charge is 2.33. The fraction of sp³-hybridized carbons (Fsp3) is 0.472. The minimum atomic E-state index is -0.479. The quantitative estimate of drug-likeness (QED) is 0.241. The number of aromatic nitrogens is 2. The third-order valence-corrected chi connectivity index (χ3v) is 10.8. The first-order chi connectivity index (χ1) is 23.9. The lowest BCUT2D eigenvalue weighted by atomic mass is 9.91. The minimum Gasteiger partial charge on any atom is -0.494 e. The molecule has 49 heavy (non-hydrogen) atoms. The second-order valence-corrected chi connectivity index (χ2v) is 13.5. The monoisotopic (exact) mass is 690 g/mol. The maximum atomic E-state index is 14.3. The number of hydrogen-bond acceptors (Lipinski definition) is 10. The number of hydrogen-bond donors (Lipinski definition) is 2. The van der Waals surface area contributed by atoms with E-state index in [0.29, 0.717) is 53.4 Å². The molecule has 1 amide bonds. The van der Waals surface area contributed by atoms with E-state index in [2.05, 4.69) is 41.9 Å². The van der Waals surface area contributed by atoms with Gasteiger partial charge in [-0.3, -0.25) is 19.4 Å². The van der Waals surface area contributed by atoms with Gasteiger partial charge in [0.1, 0.15) is 23.7 Å². The molecule has 4 fully saturated rings. The summed E-state index contributed by atoms with van der Waals surface area (Å²) in [5.74, 6) is 0.795. The van der Waals surface area contributed by atoms with Crippen LogP contribution >= 0.6 is 11.6 Å². The van der Waals surface area contributed by atoms with Crippen LogP contribution in [-0.2, 0) is 9.63 Å². The molecular formula is C36H44ClFN8O3. The fourth-order valence-electron chi connectivity index (χ4n) is 7.50. The number of piperazine rings is 1. The molecule has 0 radical (unpaired) electrons. The second-order valence-electron chi connectivity index (χ2n) is 13.1. The third-order valence-electron chi connectivity index (χ3n) is 10.4. The Hall–Kier alpha value is -3.97. The molecule has 1 aliphatic carbocycles. The van der Waals surface area contributed by atoms with E-state index in [-0.39, 0.29) is 17.0 Å². The van der Waals surface area contributed by atoms with Gasteiger partial charge in [0.15, 0.2) is 5.82 Å². The number of ether oxygens (including phenoxy) is 1. The lowest BCUT2D eigenvalue weighted by molar-refractivity contribution is -0.111. The molecular weight excluding hydrogens is 647 g/mol. The maximum Gasteiger partial charge on any atom is 0.247 e. The molecule has 7 rings (SSSR count). The summed E-state index contributed by atoms with van der Waals surface area (Å²) in [6, 6.07) is 11.4. The van der Waals surface area contributed by atoms with Crippen molar-refractivity contribution in [2.75, 3.05) is 73.6 Å². The van der Waals surface area contributed by atoms with Crippen molar-refractivity contribution in [2.45, 2.75) is 56.7 Å². The normalized spacial score (nSPS) is 21.0. The summed E-state index contributed by atoms with van der Waals surface area (Å²) in [4.78, 5) is 35.1. The number of hydroxylamine groups is 1. The standard InChI is InChI=1S/C36H44ClFN8O3/c1-3-35(47)42-28-20-29(41-33-22-34(40-23-39-33)46-30(12-19-49-46)26-8-5-9-27(38)36(26)37)32(48-2)21-31(28)45-13-10-25(11-14-45)44-17-15-43(16-18-44)24-6-4-7-24/h3,5,8-9,20-25,30H,1,4,6-7,10-19H2,2H3,(H,42,47)(H,39,40,41). The number of benzene rings is 2. The number of carbonyl (C=O) groups excluding carboxylic acids is 1. The van der Waals surface area contributed by atoms with Gasteiger partial charge in [-0.05, 0) is 49.5 Å². The summed E-state index contributed by atoms with van der Waals surface area (Å²) in [7, 11) is 1.62. The molecule has 3 aliphatic heterocycles. The van der Waals surface area contributed by atoms with Crippen LogP contribution in [0.1, 0.15) is 50.1 Å². The largest absolute Gasteiger partial charge is 0.494 e. The molecule has 13 heteroatoms. The van der Waals surface area contributed by atoms with Gasteiger partial charge in [-0.15, -0.1) is 0 Å². The Morgan fingerprint density at radius 1 is 1.00 bits per heavy atom. The number of anilines is 5. The summed E-state index contributed by atoms with van der Waals surface area (Å²) in [5.41, 5.74) is 2.79. The smallest absolute Gasteiger partial charge is 0.247 e. The van der Waals surface area contributed by atoms with Gasteiger partial charge < -0.3 is 20.3 Å². The van der Waals surface area contributed by atoms with Crippen LogP contribution < -0.4 is 25.3 Å². The molecule has 2 aromatic carbocycles. The van der Waals surface area contributed by atoms with Gasteiger partial charge in [0.25, 0.3) is 0 Å². The summed E-state index contributed by atoms with van der Waals surface area (Å²) >= 11 is 6.33. The van der Waals surface area contributed by atoms with Crippen molar-refractivity contribution in [3.05, 3.63) is 71.8 Å². The molecule has 1 aromatic heterocycles. The first kappa shape index (κ1) is 33.5. The molecule has 3 aromatic rings. The number of piperidine rings is 1. The SMILES string of the molecule is C=CC(=O)Nc1cc(Nc2cc(N3OCCC3c3cccc(F)c3Cl)ncn2)c(OC)cc1N1CCC(N2CCN(C3CCC3)CC2)CC1. The highest BCUT2D eigenvalue weighted by Crippen LogP contribution is 2.41. The average molecular weight is 691 g/mol. The Bertz CT molecular complexity index is 1660. The summed E-state index contributed by atoms with van der Waals surface area (Å²) in [5, 5.41) is 8.07. The number of methoxy groups -OCH3 is 1. The Balaban J connectivity index is 1.07. The van der Waals surface area contributed by atoms with Crippen LogP contribution in [0.15, 0.2) is 55.4 Å². The predicted molar refractivity (Wildman–Crippen MR) is 190 cm³/mol. The van der Waals surface area contributed by atoms with E-state index in [1.54, 1.807) is 30.4 Å². The molecule has 4 aliphatic rings. The summed E-state index contributed by atoms with van der Waals surface area (Å²) in [6.45, 7) is 10.5. The number of carbonyl (C=O) groups is 1. The van der Waals surface area contributed by atoms with Crippen molar-refractivity contribution in [2.24, 2.45) is 0 Å². The van der Waals surface area contributed by atoms with Crippen LogP contribution in [0.2, 0.25) is 5.02 Å². The summed E-state index contributed by atoms with van der Waals surface area (Å²) in [6.07, 6.45) is 9.55. The van der Waals surface area contributed by atoms with Crippen LogP contribution in [0.5, 0.6) is 5.75 Å². The maximum absolute atomic E-state index is 14.3. The second kappa shape index (κ2) is 14.9. The van der Waals surface area contributed by atoms with E-state index in [0.717, 1.165) is 50.7 Å². The number of amides is 1. The lowest BCUT2D eigenvalue weighted by Gasteiger charge is -2.46. The van der Waals surface area contributed by atoms with Crippen molar-refractivity contribution in [1.29, 1.82) is 0 Å². The van der Waals surface area contributed by atoms with Crippen LogP contribution in [0, 0.1) is 5.82 Å². The van der Waals surface area contributed by atoms with Crippen molar-refractivity contribution in [3.63, 3.8) is 0 Å². The van der Waals surface area contributed by atoms with Crippen molar-refractivity contribution < 1.29 is 18.8 Å². The van der Waals surface area contributed by atoms with E-state index in [1.807, 2.05) is 12.1 Å². The zero-order valence-corrected chi connectivity index (χ0v) is 28.7. The number of rotatable bonds is 10. The van der Waals surface area contributed by atoms with Gasteiger partial charge in [-0.25, -0.2) is 19.4 Å². The first-order valence-electron chi connectivity index (χ1n) is 17.3. The zero-order chi connectivity index (χ0) is 33.9. The fourth-order valence-corrected chi connectivity index (χ4v) is 7.75. The van der Waals surface area contributed by atoms with Crippen molar-refractivity contribution in [1.82, 2.24) is 19.8 Å². The Kier molecular flexibility index (Phi) is 10.2. The van der Waals surface area contributed by atoms with E-state index in [9.17, 15) is 9.18 Å². The molecule has 1 saturated carbocycles. The van der Waals surface area contributed by atoms with Gasteiger partial charge in [-0.1, -0.05) is 36.7 Å². The van der Waals surface area contributed by atoms with Crippen LogP contribution in [0.3, 0.4) is 0 Å². The molecule has 260 valence electrons. The number of halogens is 2. The lowest BCUT2D eigenvalue weighted by Crippen LogP contribution is -2.56. The highest BCUT2D eigenvalue weighted by molar-refractivity contribution is 6.31. The van der Waals surface area contributed by atoms with Gasteiger partial charge in [-0.2, -0.15) is 0 Å². The van der Waals surface area contributed by atoms with E-state index >= 15 is 0 Å². The van der Waals surface area contributed by atoms with E-state index in [1.165, 1.54) is 50.8 Å². The molecule has 0 bridgehead atoms. The molecule has 2 N–H and O–H groups in total. The minimum absolute atomic E-state index is 0.0700. The van der Waals surface area contributed by atoms with Crippen molar-refractivity contribution in [3.8, 4) is 5.75 Å². The molecule has 1 atom stereocenters. The van der Waals surface area contributed by atoms with Crippen LogP contribution in [0.25, 0.3) is 0 Å². The van der Waals surface area contributed by atoms with Gasteiger partial charge in [0, 0.05) is 69.9 Å². The number of nitrogens with zero attached hydrogens (tertiary/aromatic N) is 6. The van der Waals surface area contributed by atoms with E-state index < -0.39 is 5.82 Å². The molecule has 4 heterocycles. The van der Waals surface area contributed by atoms with Crippen LogP contribution in [0.4, 0.5) is 33.1 Å². The van der Waals surface area contributed by atoms with Gasteiger partial charge in [0.2, 0.25) is 5.91 Å². The molecule has 3 saturated heterocycles. The molecule has 0 spiro atoms. The Labute approximate surface area is 292 Å². The Morgan fingerprint density at radius 3 is 2.41 bits per heavy atom. The summed E-state index contributed by atoms with van der Waals surface area (Å²) < 4.78 is 20.1. The predicted octanol–water partition coefficient (Wildman–Crippen LogP) is 6.17. The van der Waals surface area contributed by atoms with E-state index in [4.69, 9.17) is 21.2 Å². The average Bonchev–Trinajstić information content (AvgIpc) is 3.59. The zero-order valence-electron chi connectivity index (χ0n) is 27.9. The van der Waals surface area contributed by atoms with Gasteiger partial charge in [0.05, 0.1) is 41.8 Å². The molecule has 1 unspecified atom stereocenters.